The number of hydrogen-bond donors (Lipinski definition) is 0. The van der Waals surface area contributed by atoms with Crippen LogP contribution in [-0.2, 0) is 17.7 Å². The highest BCUT2D eigenvalue weighted by Gasteiger charge is 2.30. The van der Waals surface area contributed by atoms with Crippen molar-refractivity contribution < 1.29 is 17.7 Å². The molecule has 10 heavy (non-hydrogen) atoms. The fraction of sp³-hybridized carbons (Fsp3) is 1.00. The Kier molecular flexibility index (Phi) is 7.40. The second kappa shape index (κ2) is 6.30. The predicted octanol–water partition coefficient (Wildman–Crippen LogP) is 2.95. The highest BCUT2D eigenvalue weighted by molar-refractivity contribution is 9.12. The van der Waals surface area contributed by atoms with Crippen molar-refractivity contribution in [1.29, 1.82) is 0 Å². The number of alkyl halides is 2. The van der Waals surface area contributed by atoms with Crippen molar-refractivity contribution in [2.75, 3.05) is 5.33 Å². The van der Waals surface area contributed by atoms with Crippen molar-refractivity contribution >= 4 is 64.4 Å². The molecule has 0 saturated heterocycles. The highest BCUT2D eigenvalue weighted by Crippen LogP contribution is 2.26. The van der Waals surface area contributed by atoms with E-state index in [0.29, 0.717) is 5.33 Å². The van der Waals surface area contributed by atoms with Crippen LogP contribution in [0.15, 0.2) is 0 Å². The van der Waals surface area contributed by atoms with Crippen LogP contribution >= 0.6 is 64.4 Å². The van der Waals surface area contributed by atoms with Gasteiger partial charge in [0.2, 0.25) is 0 Å². The van der Waals surface area contributed by atoms with Gasteiger partial charge >= 0.3 is 0 Å². The zero-order valence-corrected chi connectivity index (χ0v) is 10.7. The van der Waals surface area contributed by atoms with Gasteiger partial charge in [0.25, 0.3) is 4.70 Å². The Morgan fingerprint density at radius 1 is 1.10 bits per heavy atom. The van der Waals surface area contributed by atoms with Gasteiger partial charge in [0.15, 0.2) is 0 Å². The molecule has 0 heterocycles. The van der Waals surface area contributed by atoms with E-state index in [1.807, 2.05) is 0 Å². The Morgan fingerprint density at radius 3 is 1.70 bits per heavy atom. The minimum atomic E-state index is -1.17. The molecule has 0 spiro atoms. The van der Waals surface area contributed by atoms with Gasteiger partial charge in [-0.05, 0) is 15.9 Å². The van der Waals surface area contributed by atoms with E-state index in [-0.39, 0.29) is 0 Å². The number of halogens is 4. The SMILES string of the molecule is BrCC(Br)(OOBr)OOBr. The molecule has 0 aliphatic heterocycles. The Morgan fingerprint density at radius 2 is 1.50 bits per heavy atom. The molecule has 0 fully saturated rings. The van der Waals surface area contributed by atoms with Crippen LogP contribution in [0.1, 0.15) is 0 Å². The first-order chi connectivity index (χ1) is 4.68. The maximum atomic E-state index is 4.53. The van der Waals surface area contributed by atoms with E-state index in [4.69, 9.17) is 0 Å². The molecule has 4 nitrogen and oxygen atoms in total. The van der Waals surface area contributed by atoms with Crippen LogP contribution in [0.25, 0.3) is 0 Å². The van der Waals surface area contributed by atoms with Crippen LogP contribution in [0.4, 0.5) is 0 Å². The third-order valence-corrected chi connectivity index (χ3v) is 2.77. The van der Waals surface area contributed by atoms with Gasteiger partial charge in [-0.15, -0.1) is 0 Å². The summed E-state index contributed by atoms with van der Waals surface area (Å²) in [6, 6.07) is 0. The van der Waals surface area contributed by atoms with E-state index in [2.05, 4.69) is 82.1 Å². The van der Waals surface area contributed by atoms with E-state index >= 15 is 0 Å². The Balaban J connectivity index is 3.69. The molecule has 0 aliphatic rings. The van der Waals surface area contributed by atoms with Crippen LogP contribution in [-0.4, -0.2) is 10.0 Å². The van der Waals surface area contributed by atoms with Crippen LogP contribution in [0.3, 0.4) is 0 Å². The van der Waals surface area contributed by atoms with Crippen molar-refractivity contribution in [3.05, 3.63) is 0 Å². The second-order valence-corrected chi connectivity index (χ2v) is 3.38. The summed E-state index contributed by atoms with van der Waals surface area (Å²) in [7, 11) is 0. The summed E-state index contributed by atoms with van der Waals surface area (Å²) >= 11 is 11.2. The first-order valence-corrected chi connectivity index (χ1v) is 5.07. The van der Waals surface area contributed by atoms with E-state index in [0.717, 1.165) is 0 Å². The van der Waals surface area contributed by atoms with Crippen LogP contribution < -0.4 is 0 Å². The largest absolute Gasteiger partial charge is 0.299 e. The van der Waals surface area contributed by atoms with Crippen molar-refractivity contribution in [2.45, 2.75) is 4.70 Å². The standard InChI is InChI=1S/C2H2Br4O4/c3-1-2(4,7-9-5)8-10-6/h1H2. The first-order valence-electron chi connectivity index (χ1n) is 1.86. The molecule has 0 saturated carbocycles. The zero-order chi connectivity index (χ0) is 8.04. The molecule has 0 aromatic rings. The van der Waals surface area contributed by atoms with Crippen molar-refractivity contribution in [3.63, 3.8) is 0 Å². The highest BCUT2D eigenvalue weighted by atomic mass is 79.9. The van der Waals surface area contributed by atoms with E-state index in [1.54, 1.807) is 0 Å². The first kappa shape index (κ1) is 11.8. The maximum absolute atomic E-state index is 4.53. The van der Waals surface area contributed by atoms with Gasteiger partial charge in [-0.2, -0.15) is 17.7 Å². The number of hydrogen-bond acceptors (Lipinski definition) is 4. The van der Waals surface area contributed by atoms with Gasteiger partial charge in [-0.25, -0.2) is 0 Å². The maximum Gasteiger partial charge on any atom is 0.299 e. The average molecular weight is 410 g/mol. The molecule has 0 amide bonds. The molecule has 0 aromatic heterocycles. The van der Waals surface area contributed by atoms with E-state index in [9.17, 15) is 0 Å². The normalized spacial score (nSPS) is 12.0. The summed E-state index contributed by atoms with van der Waals surface area (Å²) in [5, 5.41) is 0.317. The lowest BCUT2D eigenvalue weighted by molar-refractivity contribution is -0.390. The lowest BCUT2D eigenvalue weighted by atomic mass is 10.8. The topological polar surface area (TPSA) is 36.9 Å². The van der Waals surface area contributed by atoms with Gasteiger partial charge in [0.1, 0.15) is 32.5 Å². The fourth-order valence-electron chi connectivity index (χ4n) is 0.153. The Labute approximate surface area is 91.5 Å². The summed E-state index contributed by atoms with van der Waals surface area (Å²) in [6.07, 6.45) is 0. The quantitative estimate of drug-likeness (QED) is 0.303. The molecule has 62 valence electrons. The minimum absolute atomic E-state index is 0.317. The lowest BCUT2D eigenvalue weighted by Gasteiger charge is -2.18. The molecule has 8 heteroatoms. The molecule has 0 rings (SSSR count). The summed E-state index contributed by atoms with van der Waals surface area (Å²) in [4.78, 5) is 9.06. The molecule has 0 bridgehead atoms. The lowest BCUT2D eigenvalue weighted by Crippen LogP contribution is -2.28. The predicted molar refractivity (Wildman–Crippen MR) is 47.6 cm³/mol. The molecule has 0 aliphatic carbocycles. The Hall–Kier alpha value is 1.76. The van der Waals surface area contributed by atoms with Crippen LogP contribution in [0.2, 0.25) is 0 Å². The molecular weight excluding hydrogens is 408 g/mol. The molecule has 0 unspecified atom stereocenters. The molecular formula is C2H2Br4O4. The van der Waals surface area contributed by atoms with Crippen molar-refractivity contribution in [3.8, 4) is 0 Å². The summed E-state index contributed by atoms with van der Waals surface area (Å²) < 4.78 is 7.15. The van der Waals surface area contributed by atoms with Crippen molar-refractivity contribution in [2.24, 2.45) is 0 Å². The van der Waals surface area contributed by atoms with Crippen LogP contribution in [0, 0.1) is 0 Å². The van der Waals surface area contributed by atoms with E-state index in [1.165, 1.54) is 0 Å². The molecule has 0 aromatic carbocycles. The van der Waals surface area contributed by atoms with Gasteiger partial charge in [-0.3, -0.25) is 0 Å². The van der Waals surface area contributed by atoms with Gasteiger partial charge in [-0.1, -0.05) is 15.9 Å². The molecule has 0 N–H and O–H groups in total. The number of rotatable bonds is 5. The van der Waals surface area contributed by atoms with Gasteiger partial charge in [0.05, 0.1) is 5.33 Å². The summed E-state index contributed by atoms with van der Waals surface area (Å²) in [5.74, 6) is 0. The van der Waals surface area contributed by atoms with Crippen molar-refractivity contribution in [1.82, 2.24) is 0 Å². The molecule has 0 radical (unpaired) electrons. The fourth-order valence-corrected chi connectivity index (χ4v) is 1.25. The average Bonchev–Trinajstić information content (AvgIpc) is 1.89. The zero-order valence-electron chi connectivity index (χ0n) is 4.35. The van der Waals surface area contributed by atoms with Gasteiger partial charge in [0, 0.05) is 0 Å². The third-order valence-electron chi connectivity index (χ3n) is 0.471. The summed E-state index contributed by atoms with van der Waals surface area (Å²) in [5.41, 5.74) is 0. The van der Waals surface area contributed by atoms with E-state index < -0.39 is 4.70 Å². The smallest absolute Gasteiger partial charge is 0.173 e. The second-order valence-electron chi connectivity index (χ2n) is 1.09. The molecule has 0 atom stereocenters. The minimum Gasteiger partial charge on any atom is -0.173 e. The Bertz CT molecular complexity index is 83.3. The monoisotopic (exact) mass is 406 g/mol. The summed E-state index contributed by atoms with van der Waals surface area (Å²) in [6.45, 7) is 0. The van der Waals surface area contributed by atoms with Crippen LogP contribution in [0.5, 0.6) is 0 Å². The third kappa shape index (κ3) is 4.60. The van der Waals surface area contributed by atoms with Gasteiger partial charge < -0.3 is 0 Å².